The van der Waals surface area contributed by atoms with Crippen LogP contribution in [0.3, 0.4) is 0 Å². The van der Waals surface area contributed by atoms with E-state index in [0.29, 0.717) is 11.3 Å². The summed E-state index contributed by atoms with van der Waals surface area (Å²) >= 11 is 0. The van der Waals surface area contributed by atoms with Crippen molar-refractivity contribution in [2.45, 2.75) is 26.7 Å². The number of carboxylic acid groups (broad SMARTS) is 1. The summed E-state index contributed by atoms with van der Waals surface area (Å²) in [6.45, 7) is 5.62. The molecule has 1 aromatic carbocycles. The third kappa shape index (κ3) is 2.64. The number of ketones is 1. The molecule has 0 fully saturated rings. The van der Waals surface area contributed by atoms with Crippen LogP contribution in [-0.2, 0) is 4.79 Å². The second-order valence-electron chi connectivity index (χ2n) is 4.20. The minimum atomic E-state index is -1.44. The molecule has 17 heavy (non-hydrogen) atoms. The lowest BCUT2D eigenvalue weighted by atomic mass is 9.94. The predicted octanol–water partition coefficient (Wildman–Crippen LogP) is 2.39. The minimum absolute atomic E-state index is 0.158. The Morgan fingerprint density at radius 2 is 1.88 bits per heavy atom. The third-order valence-electron chi connectivity index (χ3n) is 2.64. The van der Waals surface area contributed by atoms with Crippen molar-refractivity contribution in [3.63, 3.8) is 0 Å². The number of carbonyl (C=O) groups is 2. The third-order valence-corrected chi connectivity index (χ3v) is 2.64. The number of carbonyl (C=O) groups excluding carboxylic acids is 1. The van der Waals surface area contributed by atoms with E-state index in [1.54, 1.807) is 26.2 Å². The number of methoxy groups -OCH3 is 1. The fraction of sp³-hybridized carbons (Fsp3) is 0.385. The lowest BCUT2D eigenvalue weighted by Gasteiger charge is -2.14. The first-order chi connectivity index (χ1) is 7.88. The molecule has 0 saturated heterocycles. The van der Waals surface area contributed by atoms with E-state index in [1.807, 2.05) is 13.8 Å². The molecule has 0 atom stereocenters. The van der Waals surface area contributed by atoms with Gasteiger partial charge in [-0.2, -0.15) is 0 Å². The summed E-state index contributed by atoms with van der Waals surface area (Å²) in [5.74, 6) is -1.48. The van der Waals surface area contributed by atoms with Gasteiger partial charge in [-0.1, -0.05) is 13.8 Å². The second kappa shape index (κ2) is 4.99. The highest BCUT2D eigenvalue weighted by Crippen LogP contribution is 2.29. The molecule has 0 bridgehead atoms. The van der Waals surface area contributed by atoms with Crippen molar-refractivity contribution >= 4 is 11.8 Å². The van der Waals surface area contributed by atoms with Gasteiger partial charge in [0, 0.05) is 5.56 Å². The molecular formula is C13H16O4. The van der Waals surface area contributed by atoms with Gasteiger partial charge in [-0.25, -0.2) is 4.79 Å². The number of aryl methyl sites for hydroxylation is 1. The molecule has 92 valence electrons. The molecule has 0 aliphatic rings. The van der Waals surface area contributed by atoms with Crippen molar-refractivity contribution in [1.29, 1.82) is 0 Å². The minimum Gasteiger partial charge on any atom is -0.496 e. The normalized spacial score (nSPS) is 10.4. The molecular weight excluding hydrogens is 220 g/mol. The van der Waals surface area contributed by atoms with Crippen molar-refractivity contribution in [3.8, 4) is 5.75 Å². The fourth-order valence-electron chi connectivity index (χ4n) is 1.69. The number of hydrogen-bond donors (Lipinski definition) is 1. The van der Waals surface area contributed by atoms with Gasteiger partial charge in [-0.05, 0) is 36.1 Å². The number of rotatable bonds is 4. The van der Waals surface area contributed by atoms with Crippen molar-refractivity contribution in [1.82, 2.24) is 0 Å². The smallest absolute Gasteiger partial charge is 0.377 e. The van der Waals surface area contributed by atoms with E-state index in [9.17, 15) is 9.59 Å². The molecule has 1 aromatic rings. The van der Waals surface area contributed by atoms with Crippen LogP contribution < -0.4 is 4.74 Å². The van der Waals surface area contributed by atoms with Gasteiger partial charge in [0.1, 0.15) is 5.75 Å². The van der Waals surface area contributed by atoms with Gasteiger partial charge in [0.15, 0.2) is 0 Å². The summed E-state index contributed by atoms with van der Waals surface area (Å²) in [5, 5.41) is 8.74. The van der Waals surface area contributed by atoms with Crippen LogP contribution in [0.4, 0.5) is 0 Å². The summed E-state index contributed by atoms with van der Waals surface area (Å²) in [7, 11) is 1.55. The molecule has 4 heteroatoms. The van der Waals surface area contributed by atoms with E-state index in [4.69, 9.17) is 9.84 Å². The lowest BCUT2D eigenvalue weighted by molar-refractivity contribution is -0.131. The van der Waals surface area contributed by atoms with E-state index < -0.39 is 11.8 Å². The SMILES string of the molecule is COc1cc(C)c(C(=O)C(=O)O)cc1C(C)C. The molecule has 1 rings (SSSR count). The molecule has 0 saturated carbocycles. The maximum absolute atomic E-state index is 11.5. The summed E-state index contributed by atoms with van der Waals surface area (Å²) in [4.78, 5) is 22.2. The Bertz CT molecular complexity index is 461. The number of ether oxygens (including phenoxy) is 1. The predicted molar refractivity (Wildman–Crippen MR) is 63.8 cm³/mol. The number of aliphatic carboxylic acids is 1. The quantitative estimate of drug-likeness (QED) is 0.644. The Labute approximate surface area is 100 Å². The zero-order valence-corrected chi connectivity index (χ0v) is 10.4. The van der Waals surface area contributed by atoms with Gasteiger partial charge in [-0.3, -0.25) is 4.79 Å². The number of hydrogen-bond acceptors (Lipinski definition) is 3. The molecule has 0 spiro atoms. The molecule has 0 radical (unpaired) electrons. The van der Waals surface area contributed by atoms with E-state index in [0.717, 1.165) is 5.56 Å². The maximum atomic E-state index is 11.5. The molecule has 0 aliphatic heterocycles. The monoisotopic (exact) mass is 236 g/mol. The van der Waals surface area contributed by atoms with Crippen LogP contribution in [0.1, 0.15) is 41.3 Å². The summed E-state index contributed by atoms with van der Waals surface area (Å²) < 4.78 is 5.22. The number of benzene rings is 1. The van der Waals surface area contributed by atoms with E-state index in [-0.39, 0.29) is 11.5 Å². The van der Waals surface area contributed by atoms with Gasteiger partial charge in [0.2, 0.25) is 0 Å². The standard InChI is InChI=1S/C13H16O4/c1-7(2)9-6-10(12(14)13(15)16)8(3)5-11(9)17-4/h5-7H,1-4H3,(H,15,16). The molecule has 0 heterocycles. The van der Waals surface area contributed by atoms with Crippen LogP contribution in [0, 0.1) is 6.92 Å². The lowest BCUT2D eigenvalue weighted by Crippen LogP contribution is -2.15. The Kier molecular flexibility index (Phi) is 3.89. The zero-order chi connectivity index (χ0) is 13.2. The van der Waals surface area contributed by atoms with Crippen molar-refractivity contribution in [3.05, 3.63) is 28.8 Å². The summed E-state index contributed by atoms with van der Waals surface area (Å²) in [6, 6.07) is 3.31. The average Bonchev–Trinajstić information content (AvgIpc) is 2.27. The van der Waals surface area contributed by atoms with E-state index in [1.165, 1.54) is 0 Å². The molecule has 0 amide bonds. The van der Waals surface area contributed by atoms with Gasteiger partial charge in [0.25, 0.3) is 5.78 Å². The van der Waals surface area contributed by atoms with Crippen LogP contribution in [0.2, 0.25) is 0 Å². The Hall–Kier alpha value is -1.84. The molecule has 4 nitrogen and oxygen atoms in total. The first-order valence-corrected chi connectivity index (χ1v) is 5.34. The van der Waals surface area contributed by atoms with Crippen LogP contribution in [0.15, 0.2) is 12.1 Å². The zero-order valence-electron chi connectivity index (χ0n) is 10.4. The second-order valence-corrected chi connectivity index (χ2v) is 4.20. The highest BCUT2D eigenvalue weighted by atomic mass is 16.5. The number of Topliss-reactive ketones (excluding diaryl/α,β-unsaturated/α-hetero) is 1. The van der Waals surface area contributed by atoms with Crippen molar-refractivity contribution < 1.29 is 19.4 Å². The van der Waals surface area contributed by atoms with E-state index in [2.05, 4.69) is 0 Å². The largest absolute Gasteiger partial charge is 0.496 e. The van der Waals surface area contributed by atoms with Crippen LogP contribution in [-0.4, -0.2) is 24.0 Å². The van der Waals surface area contributed by atoms with E-state index >= 15 is 0 Å². The van der Waals surface area contributed by atoms with Crippen LogP contribution in [0.25, 0.3) is 0 Å². The van der Waals surface area contributed by atoms with Crippen LogP contribution >= 0.6 is 0 Å². The highest BCUT2D eigenvalue weighted by molar-refractivity contribution is 6.40. The Morgan fingerprint density at radius 3 is 2.29 bits per heavy atom. The molecule has 1 N–H and O–H groups in total. The van der Waals surface area contributed by atoms with Crippen molar-refractivity contribution in [2.75, 3.05) is 7.11 Å². The Balaban J connectivity index is 3.39. The Morgan fingerprint density at radius 1 is 1.29 bits per heavy atom. The van der Waals surface area contributed by atoms with Crippen LogP contribution in [0.5, 0.6) is 5.75 Å². The topological polar surface area (TPSA) is 63.6 Å². The first-order valence-electron chi connectivity index (χ1n) is 5.34. The highest BCUT2D eigenvalue weighted by Gasteiger charge is 2.20. The summed E-state index contributed by atoms with van der Waals surface area (Å²) in [6.07, 6.45) is 0. The molecule has 0 aromatic heterocycles. The maximum Gasteiger partial charge on any atom is 0.377 e. The van der Waals surface area contributed by atoms with Gasteiger partial charge < -0.3 is 9.84 Å². The summed E-state index contributed by atoms with van der Waals surface area (Å²) in [5.41, 5.74) is 1.67. The van der Waals surface area contributed by atoms with Gasteiger partial charge in [0.05, 0.1) is 7.11 Å². The number of carboxylic acids is 1. The first kappa shape index (κ1) is 13.2. The van der Waals surface area contributed by atoms with Gasteiger partial charge >= 0.3 is 5.97 Å². The van der Waals surface area contributed by atoms with Gasteiger partial charge in [-0.15, -0.1) is 0 Å². The fourth-order valence-corrected chi connectivity index (χ4v) is 1.69. The molecule has 0 aliphatic carbocycles. The van der Waals surface area contributed by atoms with Crippen molar-refractivity contribution in [2.24, 2.45) is 0 Å². The molecule has 0 unspecified atom stereocenters. The average molecular weight is 236 g/mol.